The molecule has 0 amide bonds. The normalized spacial score (nSPS) is 10.4. The molecule has 1 aromatic carbocycles. The average Bonchev–Trinajstić information content (AvgIpc) is 2.76. The molecule has 100 valence electrons. The molecule has 0 aliphatic rings. The molecular formula is C14H17N3O2. The second-order valence-corrected chi connectivity index (χ2v) is 4.55. The summed E-state index contributed by atoms with van der Waals surface area (Å²) in [5, 5.41) is 3.93. The predicted molar refractivity (Wildman–Crippen MR) is 72.4 cm³/mol. The number of esters is 1. The largest absolute Gasteiger partial charge is 0.459 e. The number of carbonyl (C=O) groups is 1. The summed E-state index contributed by atoms with van der Waals surface area (Å²) >= 11 is 0. The van der Waals surface area contributed by atoms with Crippen molar-refractivity contribution in [3.8, 4) is 0 Å². The summed E-state index contributed by atoms with van der Waals surface area (Å²) in [6.45, 7) is 4.43. The average molecular weight is 259 g/mol. The number of nitrogens with two attached hydrogens (primary N) is 1. The van der Waals surface area contributed by atoms with Crippen LogP contribution >= 0.6 is 0 Å². The van der Waals surface area contributed by atoms with E-state index < -0.39 is 0 Å². The van der Waals surface area contributed by atoms with E-state index in [0.717, 1.165) is 5.56 Å². The minimum absolute atomic E-state index is 0.0715. The van der Waals surface area contributed by atoms with Gasteiger partial charge in [-0.3, -0.25) is 9.48 Å². The van der Waals surface area contributed by atoms with Crippen molar-refractivity contribution in [2.75, 3.05) is 5.73 Å². The molecular weight excluding hydrogens is 242 g/mol. The number of hydrogen-bond donors (Lipinski definition) is 1. The second-order valence-electron chi connectivity index (χ2n) is 4.55. The number of aromatic nitrogens is 2. The summed E-state index contributed by atoms with van der Waals surface area (Å²) in [6.07, 6.45) is 3.09. The van der Waals surface area contributed by atoms with Gasteiger partial charge in [-0.05, 0) is 30.5 Å². The minimum atomic E-state index is -0.332. The fourth-order valence-electron chi connectivity index (χ4n) is 1.70. The first-order valence-corrected chi connectivity index (χ1v) is 6.04. The molecule has 0 saturated heterocycles. The maximum atomic E-state index is 11.6. The van der Waals surface area contributed by atoms with Crippen molar-refractivity contribution in [1.29, 1.82) is 0 Å². The summed E-state index contributed by atoms with van der Waals surface area (Å²) in [5.74, 6) is -0.332. The van der Waals surface area contributed by atoms with Crippen molar-refractivity contribution in [1.82, 2.24) is 9.78 Å². The Morgan fingerprint density at radius 1 is 1.37 bits per heavy atom. The van der Waals surface area contributed by atoms with Gasteiger partial charge >= 0.3 is 5.97 Å². The van der Waals surface area contributed by atoms with Crippen LogP contribution in [0, 0.1) is 13.8 Å². The highest BCUT2D eigenvalue weighted by molar-refractivity contribution is 5.69. The quantitative estimate of drug-likeness (QED) is 0.850. The molecule has 5 heteroatoms. The summed E-state index contributed by atoms with van der Waals surface area (Å²) in [5.41, 5.74) is 9.44. The molecule has 0 atom stereocenters. The number of ether oxygens (including phenoxy) is 1. The van der Waals surface area contributed by atoms with Crippen molar-refractivity contribution in [2.24, 2.45) is 0 Å². The molecule has 5 nitrogen and oxygen atoms in total. The third-order valence-corrected chi connectivity index (χ3v) is 2.92. The van der Waals surface area contributed by atoms with E-state index in [0.29, 0.717) is 5.69 Å². The van der Waals surface area contributed by atoms with Gasteiger partial charge in [0.1, 0.15) is 13.2 Å². The van der Waals surface area contributed by atoms with E-state index in [1.807, 2.05) is 32.0 Å². The SMILES string of the molecule is Cc1ccc(COC(=O)Cn2cc(N)cn2)cc1C. The van der Waals surface area contributed by atoms with Crippen LogP contribution < -0.4 is 5.73 Å². The molecule has 2 rings (SSSR count). The van der Waals surface area contributed by atoms with E-state index in [2.05, 4.69) is 5.10 Å². The Kier molecular flexibility index (Phi) is 3.85. The van der Waals surface area contributed by atoms with Gasteiger partial charge in [-0.1, -0.05) is 18.2 Å². The van der Waals surface area contributed by atoms with Crippen LogP contribution in [-0.4, -0.2) is 15.7 Å². The smallest absolute Gasteiger partial charge is 0.328 e. The number of anilines is 1. The maximum Gasteiger partial charge on any atom is 0.328 e. The second kappa shape index (κ2) is 5.56. The molecule has 2 aromatic rings. The van der Waals surface area contributed by atoms with Crippen molar-refractivity contribution in [3.63, 3.8) is 0 Å². The molecule has 0 aliphatic carbocycles. The molecule has 19 heavy (non-hydrogen) atoms. The van der Waals surface area contributed by atoms with Gasteiger partial charge < -0.3 is 10.5 Å². The van der Waals surface area contributed by atoms with Crippen LogP contribution in [0.15, 0.2) is 30.6 Å². The number of carbonyl (C=O) groups excluding carboxylic acids is 1. The van der Waals surface area contributed by atoms with Crippen molar-refractivity contribution >= 4 is 11.7 Å². The van der Waals surface area contributed by atoms with Gasteiger partial charge in [0, 0.05) is 6.20 Å². The lowest BCUT2D eigenvalue weighted by Gasteiger charge is -2.07. The monoisotopic (exact) mass is 259 g/mol. The third-order valence-electron chi connectivity index (χ3n) is 2.92. The molecule has 1 aromatic heterocycles. The molecule has 0 bridgehead atoms. The van der Waals surface area contributed by atoms with Crippen molar-refractivity contribution in [2.45, 2.75) is 27.0 Å². The van der Waals surface area contributed by atoms with Crippen molar-refractivity contribution < 1.29 is 9.53 Å². The van der Waals surface area contributed by atoms with Gasteiger partial charge in [0.25, 0.3) is 0 Å². The maximum absolute atomic E-state index is 11.6. The Balaban J connectivity index is 1.88. The van der Waals surface area contributed by atoms with Gasteiger partial charge in [-0.2, -0.15) is 5.10 Å². The Labute approximate surface area is 112 Å². The Hall–Kier alpha value is -2.30. The van der Waals surface area contributed by atoms with E-state index in [4.69, 9.17) is 10.5 Å². The van der Waals surface area contributed by atoms with Crippen LogP contribution in [0.3, 0.4) is 0 Å². The molecule has 0 fully saturated rings. The Morgan fingerprint density at radius 2 is 2.16 bits per heavy atom. The van der Waals surface area contributed by atoms with E-state index in [-0.39, 0.29) is 19.1 Å². The zero-order chi connectivity index (χ0) is 13.8. The van der Waals surface area contributed by atoms with Gasteiger partial charge in [0.2, 0.25) is 0 Å². The third kappa shape index (κ3) is 3.58. The first kappa shape index (κ1) is 13.1. The lowest BCUT2D eigenvalue weighted by molar-refractivity contribution is -0.145. The summed E-state index contributed by atoms with van der Waals surface area (Å²) in [6, 6.07) is 6.00. The number of nitrogens with zero attached hydrogens (tertiary/aromatic N) is 2. The highest BCUT2D eigenvalue weighted by Crippen LogP contribution is 2.10. The van der Waals surface area contributed by atoms with Gasteiger partial charge in [0.05, 0.1) is 11.9 Å². The van der Waals surface area contributed by atoms with E-state index in [1.54, 1.807) is 6.20 Å². The molecule has 0 unspecified atom stereocenters. The topological polar surface area (TPSA) is 70.1 Å². The Morgan fingerprint density at radius 3 is 2.79 bits per heavy atom. The highest BCUT2D eigenvalue weighted by Gasteiger charge is 2.06. The van der Waals surface area contributed by atoms with Crippen molar-refractivity contribution in [3.05, 3.63) is 47.3 Å². The molecule has 0 aliphatic heterocycles. The first-order chi connectivity index (χ1) is 9.04. The lowest BCUT2D eigenvalue weighted by Crippen LogP contribution is -2.13. The minimum Gasteiger partial charge on any atom is -0.459 e. The standard InChI is InChI=1S/C14H17N3O2/c1-10-3-4-12(5-11(10)2)9-19-14(18)8-17-7-13(15)6-16-17/h3-7H,8-9,15H2,1-2H3. The van der Waals surface area contributed by atoms with E-state index in [1.165, 1.54) is 22.0 Å². The van der Waals surface area contributed by atoms with Gasteiger partial charge in [-0.15, -0.1) is 0 Å². The first-order valence-electron chi connectivity index (χ1n) is 6.04. The van der Waals surface area contributed by atoms with Crippen LogP contribution in [0.4, 0.5) is 5.69 Å². The zero-order valence-corrected chi connectivity index (χ0v) is 11.1. The molecule has 0 radical (unpaired) electrons. The summed E-state index contributed by atoms with van der Waals surface area (Å²) < 4.78 is 6.65. The number of nitrogen functional groups attached to an aromatic ring is 1. The number of rotatable bonds is 4. The van der Waals surface area contributed by atoms with Crippen LogP contribution in [0.1, 0.15) is 16.7 Å². The number of hydrogen-bond acceptors (Lipinski definition) is 4. The van der Waals surface area contributed by atoms with Crippen LogP contribution in [-0.2, 0) is 22.7 Å². The molecule has 2 N–H and O–H groups in total. The predicted octanol–water partition coefficient (Wildman–Crippen LogP) is 1.83. The summed E-state index contributed by atoms with van der Waals surface area (Å²) in [7, 11) is 0. The van der Waals surface area contributed by atoms with E-state index >= 15 is 0 Å². The molecule has 1 heterocycles. The highest BCUT2D eigenvalue weighted by atomic mass is 16.5. The zero-order valence-electron chi connectivity index (χ0n) is 11.1. The number of aryl methyl sites for hydroxylation is 2. The van der Waals surface area contributed by atoms with Crippen LogP contribution in [0.25, 0.3) is 0 Å². The fourth-order valence-corrected chi connectivity index (χ4v) is 1.70. The summed E-state index contributed by atoms with van der Waals surface area (Å²) in [4.78, 5) is 11.6. The molecule has 0 spiro atoms. The molecule has 0 saturated carbocycles. The van der Waals surface area contributed by atoms with Crippen LogP contribution in [0.5, 0.6) is 0 Å². The van der Waals surface area contributed by atoms with Gasteiger partial charge in [0.15, 0.2) is 0 Å². The fraction of sp³-hybridized carbons (Fsp3) is 0.286. The number of benzene rings is 1. The lowest BCUT2D eigenvalue weighted by atomic mass is 10.1. The Bertz CT molecular complexity index is 590. The van der Waals surface area contributed by atoms with E-state index in [9.17, 15) is 4.79 Å². The van der Waals surface area contributed by atoms with Gasteiger partial charge in [-0.25, -0.2) is 0 Å². The van der Waals surface area contributed by atoms with Crippen LogP contribution in [0.2, 0.25) is 0 Å².